The first-order valence-electron chi connectivity index (χ1n) is 6.67. The Morgan fingerprint density at radius 3 is 2.67 bits per heavy atom. The summed E-state index contributed by atoms with van der Waals surface area (Å²) in [6.45, 7) is 5.26. The van der Waals surface area contributed by atoms with Crippen molar-refractivity contribution in [3.05, 3.63) is 21.9 Å². The standard InChI is InChI=1S/C14H24N2OS/c1-9-4-5-18-14(9)13(10(2)15)16(3)8-11-6-12(17)7-11/h4-5,10-13,17H,6-8,15H2,1-3H3. The Morgan fingerprint density at radius 1 is 1.56 bits per heavy atom. The van der Waals surface area contributed by atoms with Gasteiger partial charge in [-0.1, -0.05) is 0 Å². The maximum absolute atomic E-state index is 9.37. The van der Waals surface area contributed by atoms with Crippen molar-refractivity contribution in [2.75, 3.05) is 13.6 Å². The van der Waals surface area contributed by atoms with E-state index in [1.807, 2.05) is 0 Å². The van der Waals surface area contributed by atoms with Crippen molar-refractivity contribution in [3.8, 4) is 0 Å². The van der Waals surface area contributed by atoms with Crippen LogP contribution in [0.15, 0.2) is 11.4 Å². The predicted molar refractivity (Wildman–Crippen MR) is 76.8 cm³/mol. The van der Waals surface area contributed by atoms with Crippen molar-refractivity contribution in [1.29, 1.82) is 0 Å². The van der Waals surface area contributed by atoms with E-state index in [1.54, 1.807) is 11.3 Å². The summed E-state index contributed by atoms with van der Waals surface area (Å²) in [4.78, 5) is 3.74. The first-order chi connectivity index (χ1) is 8.49. The fourth-order valence-corrected chi connectivity index (χ4v) is 4.10. The molecule has 1 heterocycles. The Labute approximate surface area is 114 Å². The second kappa shape index (κ2) is 5.70. The number of aryl methyl sites for hydroxylation is 1. The molecule has 1 aromatic rings. The molecule has 2 rings (SSSR count). The molecule has 0 aliphatic heterocycles. The van der Waals surface area contributed by atoms with Crippen LogP contribution in [-0.2, 0) is 0 Å². The van der Waals surface area contributed by atoms with Crippen LogP contribution in [-0.4, -0.2) is 35.7 Å². The van der Waals surface area contributed by atoms with Gasteiger partial charge in [-0.05, 0) is 56.7 Å². The smallest absolute Gasteiger partial charge is 0.0591 e. The van der Waals surface area contributed by atoms with E-state index in [-0.39, 0.29) is 12.1 Å². The minimum atomic E-state index is -0.0689. The number of hydrogen-bond acceptors (Lipinski definition) is 4. The minimum absolute atomic E-state index is 0.0689. The molecule has 3 N–H and O–H groups in total. The molecule has 1 aliphatic rings. The molecule has 0 amide bonds. The van der Waals surface area contributed by atoms with Crippen LogP contribution >= 0.6 is 11.3 Å². The molecule has 1 fully saturated rings. The average Bonchev–Trinajstić information content (AvgIpc) is 2.62. The average molecular weight is 268 g/mol. The first-order valence-corrected chi connectivity index (χ1v) is 7.55. The molecule has 1 aromatic heterocycles. The third-order valence-corrected chi connectivity index (χ3v) is 4.99. The van der Waals surface area contributed by atoms with Crippen LogP contribution in [0.5, 0.6) is 0 Å². The van der Waals surface area contributed by atoms with Gasteiger partial charge in [-0.15, -0.1) is 11.3 Å². The van der Waals surface area contributed by atoms with Gasteiger partial charge in [0.2, 0.25) is 0 Å². The summed E-state index contributed by atoms with van der Waals surface area (Å²) in [6, 6.07) is 2.58. The number of nitrogens with two attached hydrogens (primary N) is 1. The molecular formula is C14H24N2OS. The number of nitrogens with zero attached hydrogens (tertiary/aromatic N) is 1. The minimum Gasteiger partial charge on any atom is -0.393 e. The van der Waals surface area contributed by atoms with Gasteiger partial charge >= 0.3 is 0 Å². The number of aliphatic hydroxyl groups is 1. The van der Waals surface area contributed by atoms with Crippen molar-refractivity contribution < 1.29 is 5.11 Å². The zero-order chi connectivity index (χ0) is 13.3. The van der Waals surface area contributed by atoms with Crippen molar-refractivity contribution >= 4 is 11.3 Å². The summed E-state index contributed by atoms with van der Waals surface area (Å²) < 4.78 is 0. The van der Waals surface area contributed by atoms with Crippen molar-refractivity contribution in [1.82, 2.24) is 4.90 Å². The second-order valence-corrected chi connectivity index (χ2v) is 6.65. The topological polar surface area (TPSA) is 49.5 Å². The van der Waals surface area contributed by atoms with E-state index in [0.717, 1.165) is 19.4 Å². The number of hydrogen-bond donors (Lipinski definition) is 2. The van der Waals surface area contributed by atoms with Crippen LogP contribution in [0.4, 0.5) is 0 Å². The molecule has 3 nitrogen and oxygen atoms in total. The lowest BCUT2D eigenvalue weighted by Crippen LogP contribution is -2.43. The van der Waals surface area contributed by atoms with Crippen LogP contribution in [0.2, 0.25) is 0 Å². The fraction of sp³-hybridized carbons (Fsp3) is 0.714. The van der Waals surface area contributed by atoms with Gasteiger partial charge in [-0.3, -0.25) is 4.90 Å². The molecule has 102 valence electrons. The highest BCUT2D eigenvalue weighted by Gasteiger charge is 2.31. The molecule has 0 bridgehead atoms. The number of thiophene rings is 1. The van der Waals surface area contributed by atoms with Crippen molar-refractivity contribution in [2.45, 2.75) is 44.9 Å². The van der Waals surface area contributed by atoms with Gasteiger partial charge in [0.25, 0.3) is 0 Å². The maximum atomic E-state index is 9.37. The number of rotatable bonds is 5. The Kier molecular flexibility index (Phi) is 4.43. The zero-order valence-corrected chi connectivity index (χ0v) is 12.3. The number of aliphatic hydroxyl groups excluding tert-OH is 1. The lowest BCUT2D eigenvalue weighted by molar-refractivity contribution is 0.0205. The predicted octanol–water partition coefficient (Wildman–Crippen LogP) is 2.15. The molecular weight excluding hydrogens is 244 g/mol. The van der Waals surface area contributed by atoms with E-state index in [2.05, 4.69) is 37.2 Å². The van der Waals surface area contributed by atoms with Gasteiger partial charge in [-0.2, -0.15) is 0 Å². The van der Waals surface area contributed by atoms with Crippen LogP contribution in [0.3, 0.4) is 0 Å². The van der Waals surface area contributed by atoms with E-state index in [0.29, 0.717) is 12.0 Å². The largest absolute Gasteiger partial charge is 0.393 e. The zero-order valence-electron chi connectivity index (χ0n) is 11.5. The van der Waals surface area contributed by atoms with Gasteiger partial charge < -0.3 is 10.8 Å². The van der Waals surface area contributed by atoms with Gasteiger partial charge in [0.15, 0.2) is 0 Å². The van der Waals surface area contributed by atoms with Crippen LogP contribution < -0.4 is 5.73 Å². The quantitative estimate of drug-likeness (QED) is 0.860. The lowest BCUT2D eigenvalue weighted by atomic mass is 9.82. The Balaban J connectivity index is 2.03. The fourth-order valence-electron chi connectivity index (χ4n) is 2.90. The van der Waals surface area contributed by atoms with Crippen molar-refractivity contribution in [3.63, 3.8) is 0 Å². The number of likely N-dealkylation sites (N-methyl/N-ethyl adjacent to an activating group) is 1. The van der Waals surface area contributed by atoms with Crippen LogP contribution in [0.25, 0.3) is 0 Å². The Hall–Kier alpha value is -0.420. The summed E-state index contributed by atoms with van der Waals surface area (Å²) in [5.74, 6) is 0.631. The molecule has 0 aromatic carbocycles. The van der Waals surface area contributed by atoms with E-state index < -0.39 is 0 Å². The maximum Gasteiger partial charge on any atom is 0.0591 e. The summed E-state index contributed by atoms with van der Waals surface area (Å²) in [6.07, 6.45) is 1.82. The third-order valence-electron chi connectivity index (χ3n) is 3.90. The highest BCUT2D eigenvalue weighted by atomic mass is 32.1. The van der Waals surface area contributed by atoms with Crippen molar-refractivity contribution in [2.24, 2.45) is 11.7 Å². The molecule has 18 heavy (non-hydrogen) atoms. The van der Waals surface area contributed by atoms with Gasteiger partial charge in [0.1, 0.15) is 0 Å². The lowest BCUT2D eigenvalue weighted by Gasteiger charge is -2.38. The van der Waals surface area contributed by atoms with Crippen LogP contribution in [0.1, 0.15) is 36.2 Å². The summed E-state index contributed by atoms with van der Waals surface area (Å²) in [5, 5.41) is 11.5. The first kappa shape index (κ1) is 14.0. The molecule has 2 unspecified atom stereocenters. The molecule has 0 spiro atoms. The normalized spacial score (nSPS) is 27.0. The van der Waals surface area contributed by atoms with E-state index in [4.69, 9.17) is 5.73 Å². The Bertz CT molecular complexity index is 385. The van der Waals surface area contributed by atoms with Crippen LogP contribution in [0, 0.1) is 12.8 Å². The summed E-state index contributed by atoms with van der Waals surface area (Å²) >= 11 is 1.80. The Morgan fingerprint density at radius 2 is 2.22 bits per heavy atom. The molecule has 0 radical (unpaired) electrons. The monoisotopic (exact) mass is 268 g/mol. The van der Waals surface area contributed by atoms with Gasteiger partial charge in [0.05, 0.1) is 12.1 Å². The highest BCUT2D eigenvalue weighted by Crippen LogP contribution is 2.34. The highest BCUT2D eigenvalue weighted by molar-refractivity contribution is 7.10. The molecule has 0 saturated heterocycles. The van der Waals surface area contributed by atoms with E-state index in [9.17, 15) is 5.11 Å². The molecule has 1 saturated carbocycles. The third kappa shape index (κ3) is 2.94. The molecule has 1 aliphatic carbocycles. The summed E-state index contributed by atoms with van der Waals surface area (Å²) in [5.41, 5.74) is 7.51. The van der Waals surface area contributed by atoms with E-state index >= 15 is 0 Å². The molecule has 2 atom stereocenters. The SMILES string of the molecule is Cc1ccsc1C(C(C)N)N(C)CC1CC(O)C1. The van der Waals surface area contributed by atoms with E-state index in [1.165, 1.54) is 10.4 Å². The van der Waals surface area contributed by atoms with Gasteiger partial charge in [-0.25, -0.2) is 0 Å². The second-order valence-electron chi connectivity index (χ2n) is 5.70. The molecule has 4 heteroatoms. The van der Waals surface area contributed by atoms with Gasteiger partial charge in [0, 0.05) is 17.5 Å². The summed E-state index contributed by atoms with van der Waals surface area (Å²) in [7, 11) is 2.15.